The number of rotatable bonds is 8. The fourth-order valence-electron chi connectivity index (χ4n) is 2.48. The van der Waals surface area contributed by atoms with E-state index in [1.165, 1.54) is 0 Å². The van der Waals surface area contributed by atoms with Gasteiger partial charge in [0.1, 0.15) is 11.5 Å². The molecule has 0 aromatic heterocycles. The van der Waals surface area contributed by atoms with Crippen LogP contribution in [0.25, 0.3) is 0 Å². The van der Waals surface area contributed by atoms with Crippen molar-refractivity contribution in [2.45, 2.75) is 19.8 Å². The maximum Gasteiger partial charge on any atom is 0.251 e. The second-order valence-corrected chi connectivity index (χ2v) is 5.67. The molecule has 0 aliphatic heterocycles. The number of carbonyl (C=O) groups is 2. The summed E-state index contributed by atoms with van der Waals surface area (Å²) >= 11 is 0. The molecule has 2 aromatic rings. The van der Waals surface area contributed by atoms with Crippen LogP contribution in [0.5, 0.6) is 11.5 Å². The molecule has 2 rings (SSSR count). The third-order valence-corrected chi connectivity index (χ3v) is 3.90. The van der Waals surface area contributed by atoms with Crippen molar-refractivity contribution in [3.63, 3.8) is 0 Å². The van der Waals surface area contributed by atoms with Crippen LogP contribution in [0.2, 0.25) is 0 Å². The fraction of sp³-hybridized carbons (Fsp3) is 0.300. The van der Waals surface area contributed by atoms with Gasteiger partial charge in [-0.2, -0.15) is 0 Å². The highest BCUT2D eigenvalue weighted by molar-refractivity contribution is 5.97. The molecule has 0 atom stereocenters. The van der Waals surface area contributed by atoms with Gasteiger partial charge in [0, 0.05) is 24.2 Å². The molecule has 26 heavy (non-hydrogen) atoms. The third kappa shape index (κ3) is 5.24. The molecule has 0 saturated carbocycles. The van der Waals surface area contributed by atoms with Crippen molar-refractivity contribution in [1.29, 1.82) is 0 Å². The molecule has 0 spiro atoms. The summed E-state index contributed by atoms with van der Waals surface area (Å²) in [5.74, 6) is 1.21. The van der Waals surface area contributed by atoms with Gasteiger partial charge in [-0.1, -0.05) is 13.0 Å². The number of hydrogen-bond donors (Lipinski definition) is 2. The van der Waals surface area contributed by atoms with Crippen LogP contribution in [0.1, 0.15) is 29.3 Å². The predicted molar refractivity (Wildman–Crippen MR) is 101 cm³/mol. The molecule has 2 aromatic carbocycles. The summed E-state index contributed by atoms with van der Waals surface area (Å²) in [5, 5.41) is 5.63. The van der Waals surface area contributed by atoms with E-state index in [1.807, 2.05) is 18.2 Å². The van der Waals surface area contributed by atoms with E-state index in [9.17, 15) is 9.59 Å². The number of ether oxygens (including phenoxy) is 2. The van der Waals surface area contributed by atoms with Crippen molar-refractivity contribution in [1.82, 2.24) is 5.32 Å². The number of nitrogens with one attached hydrogen (secondary N) is 2. The molecule has 0 radical (unpaired) electrons. The van der Waals surface area contributed by atoms with Crippen molar-refractivity contribution in [2.75, 3.05) is 26.1 Å². The third-order valence-electron chi connectivity index (χ3n) is 3.90. The van der Waals surface area contributed by atoms with Crippen LogP contribution >= 0.6 is 0 Å². The minimum Gasteiger partial charge on any atom is -0.497 e. The van der Waals surface area contributed by atoms with E-state index in [0.29, 0.717) is 30.6 Å². The van der Waals surface area contributed by atoms with Crippen molar-refractivity contribution in [3.05, 3.63) is 53.6 Å². The molecule has 0 aliphatic carbocycles. The SMILES string of the molecule is CCC(=O)Nc1cccc(C(=O)NCCc2cc(OC)ccc2OC)c1. The molecule has 0 unspecified atom stereocenters. The van der Waals surface area contributed by atoms with E-state index in [-0.39, 0.29) is 11.8 Å². The van der Waals surface area contributed by atoms with E-state index < -0.39 is 0 Å². The van der Waals surface area contributed by atoms with E-state index in [4.69, 9.17) is 9.47 Å². The molecule has 6 heteroatoms. The van der Waals surface area contributed by atoms with Crippen LogP contribution in [0, 0.1) is 0 Å². The Morgan fingerprint density at radius 2 is 1.85 bits per heavy atom. The maximum atomic E-state index is 12.3. The fourth-order valence-corrected chi connectivity index (χ4v) is 2.48. The number of amides is 2. The van der Waals surface area contributed by atoms with E-state index in [1.54, 1.807) is 45.4 Å². The average Bonchev–Trinajstić information content (AvgIpc) is 2.67. The van der Waals surface area contributed by atoms with Gasteiger partial charge in [-0.3, -0.25) is 9.59 Å². The van der Waals surface area contributed by atoms with Crippen LogP contribution in [-0.2, 0) is 11.2 Å². The van der Waals surface area contributed by atoms with Crippen LogP contribution < -0.4 is 20.1 Å². The molecule has 0 saturated heterocycles. The largest absolute Gasteiger partial charge is 0.497 e. The highest BCUT2D eigenvalue weighted by atomic mass is 16.5. The first-order chi connectivity index (χ1) is 12.6. The standard InChI is InChI=1S/C20H24N2O4/c1-4-19(23)22-16-7-5-6-15(12-16)20(24)21-11-10-14-13-17(25-2)8-9-18(14)26-3/h5-9,12-13H,4,10-11H2,1-3H3,(H,21,24)(H,22,23). The van der Waals surface area contributed by atoms with Gasteiger partial charge in [0.15, 0.2) is 0 Å². The van der Waals surface area contributed by atoms with Crippen molar-refractivity contribution in [3.8, 4) is 11.5 Å². The van der Waals surface area contributed by atoms with Gasteiger partial charge in [0.25, 0.3) is 5.91 Å². The van der Waals surface area contributed by atoms with Crippen molar-refractivity contribution in [2.24, 2.45) is 0 Å². The Bertz CT molecular complexity index is 774. The molecular formula is C20H24N2O4. The zero-order valence-corrected chi connectivity index (χ0v) is 15.3. The van der Waals surface area contributed by atoms with Gasteiger partial charge in [-0.25, -0.2) is 0 Å². The Morgan fingerprint density at radius 3 is 2.54 bits per heavy atom. The Morgan fingerprint density at radius 1 is 1.04 bits per heavy atom. The molecule has 0 bridgehead atoms. The summed E-state index contributed by atoms with van der Waals surface area (Å²) in [4.78, 5) is 23.8. The summed E-state index contributed by atoms with van der Waals surface area (Å²) in [6.45, 7) is 2.23. The molecule has 138 valence electrons. The summed E-state index contributed by atoms with van der Waals surface area (Å²) in [6.07, 6.45) is 0.997. The predicted octanol–water partition coefficient (Wildman–Crippen LogP) is 3.02. The van der Waals surface area contributed by atoms with E-state index in [0.717, 1.165) is 17.1 Å². The minimum atomic E-state index is -0.195. The zero-order valence-electron chi connectivity index (χ0n) is 15.3. The summed E-state index contributed by atoms with van der Waals surface area (Å²) in [6, 6.07) is 12.4. The second kappa shape index (κ2) is 9.46. The first-order valence-corrected chi connectivity index (χ1v) is 8.46. The maximum absolute atomic E-state index is 12.3. The lowest BCUT2D eigenvalue weighted by Gasteiger charge is -2.11. The van der Waals surface area contributed by atoms with Crippen molar-refractivity contribution < 1.29 is 19.1 Å². The van der Waals surface area contributed by atoms with Crippen LogP contribution in [-0.4, -0.2) is 32.6 Å². The van der Waals surface area contributed by atoms with E-state index >= 15 is 0 Å². The second-order valence-electron chi connectivity index (χ2n) is 5.67. The molecule has 2 amide bonds. The highest BCUT2D eigenvalue weighted by Crippen LogP contribution is 2.24. The smallest absolute Gasteiger partial charge is 0.251 e. The Labute approximate surface area is 153 Å². The molecule has 0 aliphatic rings. The Hall–Kier alpha value is -3.02. The number of methoxy groups -OCH3 is 2. The normalized spacial score (nSPS) is 10.1. The molecule has 2 N–H and O–H groups in total. The summed E-state index contributed by atoms with van der Waals surface area (Å²) in [5.41, 5.74) is 2.06. The molecule has 0 heterocycles. The van der Waals surface area contributed by atoms with Crippen LogP contribution in [0.3, 0.4) is 0 Å². The number of hydrogen-bond acceptors (Lipinski definition) is 4. The van der Waals surface area contributed by atoms with Crippen molar-refractivity contribution >= 4 is 17.5 Å². The molecule has 0 fully saturated rings. The number of carbonyl (C=O) groups excluding carboxylic acids is 2. The summed E-state index contributed by atoms with van der Waals surface area (Å²) < 4.78 is 10.6. The number of benzene rings is 2. The Kier molecular flexibility index (Phi) is 7.02. The highest BCUT2D eigenvalue weighted by Gasteiger charge is 2.09. The lowest BCUT2D eigenvalue weighted by Crippen LogP contribution is -2.26. The summed E-state index contributed by atoms with van der Waals surface area (Å²) in [7, 11) is 3.22. The van der Waals surface area contributed by atoms with Gasteiger partial charge < -0.3 is 20.1 Å². The lowest BCUT2D eigenvalue weighted by molar-refractivity contribution is -0.115. The van der Waals surface area contributed by atoms with E-state index in [2.05, 4.69) is 10.6 Å². The van der Waals surface area contributed by atoms with Gasteiger partial charge in [0.05, 0.1) is 14.2 Å². The van der Waals surface area contributed by atoms with Gasteiger partial charge in [0.2, 0.25) is 5.91 Å². The van der Waals surface area contributed by atoms with Gasteiger partial charge in [-0.15, -0.1) is 0 Å². The topological polar surface area (TPSA) is 76.7 Å². The van der Waals surface area contributed by atoms with Gasteiger partial charge in [-0.05, 0) is 48.4 Å². The number of anilines is 1. The quantitative estimate of drug-likeness (QED) is 0.762. The molecule has 6 nitrogen and oxygen atoms in total. The minimum absolute atomic E-state index is 0.0901. The molecular weight excluding hydrogens is 332 g/mol. The monoisotopic (exact) mass is 356 g/mol. The zero-order chi connectivity index (χ0) is 18.9. The lowest BCUT2D eigenvalue weighted by atomic mass is 10.1. The van der Waals surface area contributed by atoms with Crippen LogP contribution in [0.4, 0.5) is 5.69 Å². The van der Waals surface area contributed by atoms with Crippen LogP contribution in [0.15, 0.2) is 42.5 Å². The van der Waals surface area contributed by atoms with Gasteiger partial charge >= 0.3 is 0 Å². The average molecular weight is 356 g/mol. The Balaban J connectivity index is 1.97. The first-order valence-electron chi connectivity index (χ1n) is 8.46. The first kappa shape index (κ1) is 19.3.